The molecular weight excluding hydrogens is 514 g/mol. The third-order valence-electron chi connectivity index (χ3n) is 5.16. The van der Waals surface area contributed by atoms with Gasteiger partial charge in [0.15, 0.2) is 0 Å². The van der Waals surface area contributed by atoms with Gasteiger partial charge in [0, 0.05) is 45.1 Å². The van der Waals surface area contributed by atoms with Gasteiger partial charge in [-0.2, -0.15) is 26.3 Å². The molecule has 37 heavy (non-hydrogen) atoms. The fraction of sp³-hybridized carbons (Fsp3) is 0.455. The lowest BCUT2D eigenvalue weighted by atomic mass is 10.0. The maximum absolute atomic E-state index is 10.6. The number of benzene rings is 1. The number of ether oxygens (including phenoxy) is 1. The van der Waals surface area contributed by atoms with Crippen molar-refractivity contribution in [1.82, 2.24) is 14.9 Å². The first-order valence-corrected chi connectivity index (χ1v) is 10.9. The number of nitrogens with zero attached hydrogens (tertiary/aromatic N) is 4. The summed E-state index contributed by atoms with van der Waals surface area (Å²) >= 11 is 0. The van der Waals surface area contributed by atoms with Crippen molar-refractivity contribution in [2.75, 3.05) is 37.6 Å². The SMILES string of the molecule is O=C(O)C(F)(F)F.O=C(O)C(F)(F)F.c1cnc(N2CCN(CC3CCc4ccccc4O3)CC2)nc1. The van der Waals surface area contributed by atoms with Gasteiger partial charge in [-0.15, -0.1) is 0 Å². The number of alkyl halides is 6. The van der Waals surface area contributed by atoms with Crippen LogP contribution in [0.25, 0.3) is 0 Å². The first kappa shape index (κ1) is 29.6. The van der Waals surface area contributed by atoms with Gasteiger partial charge >= 0.3 is 24.3 Å². The highest BCUT2D eigenvalue weighted by Crippen LogP contribution is 2.27. The van der Waals surface area contributed by atoms with Gasteiger partial charge < -0.3 is 19.8 Å². The van der Waals surface area contributed by atoms with Crippen LogP contribution < -0.4 is 9.64 Å². The van der Waals surface area contributed by atoms with E-state index >= 15 is 0 Å². The van der Waals surface area contributed by atoms with Gasteiger partial charge in [-0.3, -0.25) is 4.90 Å². The molecule has 1 unspecified atom stereocenters. The lowest BCUT2D eigenvalue weighted by Gasteiger charge is -2.37. The Bertz CT molecular complexity index is 991. The Morgan fingerprint density at radius 1 is 0.892 bits per heavy atom. The van der Waals surface area contributed by atoms with Crippen molar-refractivity contribution >= 4 is 17.9 Å². The second-order valence-corrected chi connectivity index (χ2v) is 7.83. The van der Waals surface area contributed by atoms with Crippen molar-refractivity contribution in [2.45, 2.75) is 31.3 Å². The molecule has 3 heterocycles. The molecule has 15 heteroatoms. The fourth-order valence-corrected chi connectivity index (χ4v) is 3.38. The van der Waals surface area contributed by atoms with Gasteiger partial charge in [-0.05, 0) is 30.5 Å². The molecule has 2 aromatic rings. The molecule has 9 nitrogen and oxygen atoms in total. The zero-order valence-corrected chi connectivity index (χ0v) is 19.2. The number of carboxylic acids is 2. The highest BCUT2D eigenvalue weighted by molar-refractivity contribution is 5.73. The normalized spacial score (nSPS) is 17.7. The minimum absolute atomic E-state index is 0.310. The molecule has 0 amide bonds. The Morgan fingerprint density at radius 2 is 1.41 bits per heavy atom. The number of halogens is 6. The van der Waals surface area contributed by atoms with Gasteiger partial charge in [0.05, 0.1) is 0 Å². The summed E-state index contributed by atoms with van der Waals surface area (Å²) in [6.07, 6.45) is -4.01. The molecule has 1 saturated heterocycles. The Kier molecular flexibility index (Phi) is 10.5. The first-order chi connectivity index (χ1) is 17.3. The number of hydrogen-bond acceptors (Lipinski definition) is 7. The summed E-state index contributed by atoms with van der Waals surface area (Å²) in [5.41, 5.74) is 1.34. The van der Waals surface area contributed by atoms with E-state index < -0.39 is 24.3 Å². The fourth-order valence-electron chi connectivity index (χ4n) is 3.38. The summed E-state index contributed by atoms with van der Waals surface area (Å²) in [7, 11) is 0. The molecular formula is C22H24F6N4O5. The number of aryl methyl sites for hydroxylation is 1. The third-order valence-corrected chi connectivity index (χ3v) is 5.16. The molecule has 2 aliphatic rings. The Balaban J connectivity index is 0.000000286. The van der Waals surface area contributed by atoms with Crippen LogP contribution in [0.2, 0.25) is 0 Å². The average Bonchev–Trinajstić information content (AvgIpc) is 2.84. The summed E-state index contributed by atoms with van der Waals surface area (Å²) in [6.45, 7) is 5.05. The summed E-state index contributed by atoms with van der Waals surface area (Å²) in [6, 6.07) is 10.3. The molecule has 0 radical (unpaired) electrons. The van der Waals surface area contributed by atoms with E-state index in [1.54, 1.807) is 0 Å². The van der Waals surface area contributed by atoms with Crippen molar-refractivity contribution in [3.05, 3.63) is 48.3 Å². The maximum Gasteiger partial charge on any atom is 0.490 e. The van der Waals surface area contributed by atoms with Crippen LogP contribution in [0.3, 0.4) is 0 Å². The molecule has 1 fully saturated rings. The van der Waals surface area contributed by atoms with Crippen molar-refractivity contribution < 1.29 is 50.9 Å². The smallest absolute Gasteiger partial charge is 0.489 e. The molecule has 1 atom stereocenters. The number of piperazine rings is 1. The number of carbonyl (C=O) groups is 2. The lowest BCUT2D eigenvalue weighted by molar-refractivity contribution is -0.193. The second kappa shape index (κ2) is 13.1. The molecule has 204 valence electrons. The summed E-state index contributed by atoms with van der Waals surface area (Å²) in [5.74, 6) is -3.60. The van der Waals surface area contributed by atoms with Crippen LogP contribution in [-0.4, -0.2) is 88.2 Å². The van der Waals surface area contributed by atoms with Crippen LogP contribution in [0.4, 0.5) is 32.3 Å². The van der Waals surface area contributed by atoms with Gasteiger partial charge in [0.1, 0.15) is 11.9 Å². The quantitative estimate of drug-likeness (QED) is 0.568. The predicted octanol–water partition coefficient (Wildman–Crippen LogP) is 3.26. The number of rotatable bonds is 3. The Labute approximate surface area is 207 Å². The number of hydrogen-bond donors (Lipinski definition) is 2. The van der Waals surface area contributed by atoms with Crippen LogP contribution in [0.15, 0.2) is 42.7 Å². The topological polar surface area (TPSA) is 116 Å². The van der Waals surface area contributed by atoms with Gasteiger partial charge in [-0.25, -0.2) is 19.6 Å². The summed E-state index contributed by atoms with van der Waals surface area (Å²) in [5, 5.41) is 14.2. The highest BCUT2D eigenvalue weighted by Gasteiger charge is 2.38. The van der Waals surface area contributed by atoms with Crippen LogP contribution >= 0.6 is 0 Å². The minimum atomic E-state index is -5.08. The summed E-state index contributed by atoms with van der Waals surface area (Å²) < 4.78 is 69.6. The molecule has 0 spiro atoms. The van der Waals surface area contributed by atoms with Crippen molar-refractivity contribution in [3.8, 4) is 5.75 Å². The number of anilines is 1. The minimum Gasteiger partial charge on any atom is -0.489 e. The molecule has 0 bridgehead atoms. The molecule has 0 aliphatic carbocycles. The van der Waals surface area contributed by atoms with Crippen molar-refractivity contribution in [2.24, 2.45) is 0 Å². The largest absolute Gasteiger partial charge is 0.490 e. The average molecular weight is 538 g/mol. The number of fused-ring (bicyclic) bond motifs is 1. The zero-order chi connectivity index (χ0) is 27.6. The van der Waals surface area contributed by atoms with Crippen LogP contribution in [0, 0.1) is 0 Å². The monoisotopic (exact) mass is 538 g/mol. The number of carboxylic acid groups (broad SMARTS) is 2. The molecule has 2 N–H and O–H groups in total. The van der Waals surface area contributed by atoms with Crippen LogP contribution in [0.1, 0.15) is 12.0 Å². The predicted molar refractivity (Wildman–Crippen MR) is 117 cm³/mol. The van der Waals surface area contributed by atoms with Gasteiger partial charge in [-0.1, -0.05) is 18.2 Å². The van der Waals surface area contributed by atoms with E-state index in [2.05, 4.69) is 44.0 Å². The number of para-hydroxylation sites is 1. The summed E-state index contributed by atoms with van der Waals surface area (Å²) in [4.78, 5) is 31.2. The molecule has 4 rings (SSSR count). The highest BCUT2D eigenvalue weighted by atomic mass is 19.4. The van der Waals surface area contributed by atoms with Gasteiger partial charge in [0.2, 0.25) is 5.95 Å². The van der Waals surface area contributed by atoms with E-state index in [0.717, 1.165) is 57.3 Å². The van der Waals surface area contributed by atoms with E-state index in [1.165, 1.54) is 5.56 Å². The lowest BCUT2D eigenvalue weighted by Crippen LogP contribution is -2.50. The number of aromatic nitrogens is 2. The van der Waals surface area contributed by atoms with E-state index in [1.807, 2.05) is 18.5 Å². The Morgan fingerprint density at radius 3 is 1.92 bits per heavy atom. The van der Waals surface area contributed by atoms with Crippen LogP contribution in [0.5, 0.6) is 5.75 Å². The first-order valence-electron chi connectivity index (χ1n) is 10.9. The van der Waals surface area contributed by atoms with Crippen molar-refractivity contribution in [3.63, 3.8) is 0 Å². The standard InChI is InChI=1S/C18H22N4O.2C2HF3O2/c1-2-5-17-15(4-1)6-7-16(23-17)14-21-10-12-22(13-11-21)18-19-8-3-9-20-18;2*3-2(4,5)1(6)7/h1-5,8-9,16H,6-7,10-14H2;2*(H,6,7). The van der Waals surface area contributed by atoms with Crippen LogP contribution in [-0.2, 0) is 16.0 Å². The van der Waals surface area contributed by atoms with E-state index in [4.69, 9.17) is 24.5 Å². The number of aliphatic carboxylic acids is 2. The molecule has 1 aromatic carbocycles. The van der Waals surface area contributed by atoms with E-state index in [0.29, 0.717) is 6.10 Å². The van der Waals surface area contributed by atoms with E-state index in [-0.39, 0.29) is 0 Å². The third kappa shape index (κ3) is 10.1. The molecule has 2 aliphatic heterocycles. The van der Waals surface area contributed by atoms with Gasteiger partial charge in [0.25, 0.3) is 0 Å². The molecule has 1 aromatic heterocycles. The van der Waals surface area contributed by atoms with Crippen molar-refractivity contribution in [1.29, 1.82) is 0 Å². The van der Waals surface area contributed by atoms with E-state index in [9.17, 15) is 26.3 Å². The second-order valence-electron chi connectivity index (χ2n) is 7.83. The Hall–Kier alpha value is -3.62. The maximum atomic E-state index is 10.6. The zero-order valence-electron chi connectivity index (χ0n) is 19.2. The molecule has 0 saturated carbocycles.